The maximum Gasteiger partial charge on any atom is 0.345 e. The lowest BCUT2D eigenvalue weighted by molar-refractivity contribution is 0.174. The van der Waals surface area contributed by atoms with E-state index in [1.54, 1.807) is 6.07 Å². The van der Waals surface area contributed by atoms with Crippen LogP contribution in [0.25, 0.3) is 11.0 Å². The van der Waals surface area contributed by atoms with Crippen molar-refractivity contribution >= 4 is 22.4 Å². The number of fused-ring (bicyclic) bond motifs is 2. The zero-order valence-electron chi connectivity index (χ0n) is 16.5. The summed E-state index contributed by atoms with van der Waals surface area (Å²) in [6.45, 7) is 0.228. The first-order chi connectivity index (χ1) is 15.3. The number of rotatable bonds is 3. The van der Waals surface area contributed by atoms with Gasteiger partial charge in [0.1, 0.15) is 5.58 Å². The predicted octanol–water partition coefficient (Wildman–Crippen LogP) is 4.88. The number of para-hydroxylation sites is 2. The van der Waals surface area contributed by atoms with Crippen molar-refractivity contribution in [2.75, 3.05) is 11.8 Å². The Morgan fingerprint density at radius 2 is 1.68 bits per heavy atom. The second-order valence-electron chi connectivity index (χ2n) is 7.54. The molecule has 0 radical (unpaired) electrons. The largest absolute Gasteiger partial charge is 0.454 e. The van der Waals surface area contributed by atoms with Gasteiger partial charge in [0.05, 0.1) is 23.0 Å². The van der Waals surface area contributed by atoms with Crippen molar-refractivity contribution in [3.8, 4) is 11.5 Å². The quantitative estimate of drug-likeness (QED) is 0.451. The van der Waals surface area contributed by atoms with Gasteiger partial charge in [-0.1, -0.05) is 42.5 Å². The van der Waals surface area contributed by atoms with Crippen LogP contribution in [0.5, 0.6) is 11.5 Å². The van der Waals surface area contributed by atoms with E-state index in [1.807, 2.05) is 77.8 Å². The number of hydrazone groups is 1. The van der Waals surface area contributed by atoms with Gasteiger partial charge in [-0.25, -0.2) is 4.79 Å². The van der Waals surface area contributed by atoms with Crippen molar-refractivity contribution in [2.45, 2.75) is 12.5 Å². The van der Waals surface area contributed by atoms with E-state index < -0.39 is 0 Å². The maximum atomic E-state index is 12.8. The number of ether oxygens (including phenoxy) is 2. The van der Waals surface area contributed by atoms with Gasteiger partial charge >= 0.3 is 5.63 Å². The van der Waals surface area contributed by atoms with E-state index in [0.717, 1.165) is 28.1 Å². The Kier molecular flexibility index (Phi) is 4.02. The number of benzene rings is 3. The molecule has 0 bridgehead atoms. The van der Waals surface area contributed by atoms with Crippen molar-refractivity contribution in [1.29, 1.82) is 0 Å². The topological polar surface area (TPSA) is 64.3 Å². The van der Waals surface area contributed by atoms with Gasteiger partial charge in [-0.15, -0.1) is 0 Å². The van der Waals surface area contributed by atoms with Crippen LogP contribution in [0.2, 0.25) is 0 Å². The molecule has 3 aromatic carbocycles. The summed E-state index contributed by atoms with van der Waals surface area (Å²) in [5, 5.41) is 7.70. The Morgan fingerprint density at radius 3 is 2.58 bits per heavy atom. The van der Waals surface area contributed by atoms with Crippen LogP contribution in [0.3, 0.4) is 0 Å². The van der Waals surface area contributed by atoms with Crippen molar-refractivity contribution in [3.63, 3.8) is 0 Å². The van der Waals surface area contributed by atoms with Gasteiger partial charge in [-0.3, -0.25) is 5.01 Å². The molecule has 0 saturated carbocycles. The fourth-order valence-electron chi connectivity index (χ4n) is 4.13. The third-order valence-corrected chi connectivity index (χ3v) is 5.66. The minimum atomic E-state index is -0.378. The molecule has 31 heavy (non-hydrogen) atoms. The molecule has 6 heteroatoms. The summed E-state index contributed by atoms with van der Waals surface area (Å²) in [5.74, 6) is 1.47. The molecule has 1 unspecified atom stereocenters. The Balaban J connectivity index is 1.46. The summed E-state index contributed by atoms with van der Waals surface area (Å²) >= 11 is 0. The number of anilines is 1. The minimum Gasteiger partial charge on any atom is -0.454 e. The SMILES string of the molecule is O=c1oc2ccccc2cc1C1=NN(c2ccccc2)C(c2ccc3c(c2)OCO3)C1. The van der Waals surface area contributed by atoms with Gasteiger partial charge in [0.15, 0.2) is 11.5 Å². The Morgan fingerprint density at radius 1 is 0.871 bits per heavy atom. The highest BCUT2D eigenvalue weighted by molar-refractivity contribution is 6.04. The van der Waals surface area contributed by atoms with Crippen LogP contribution in [-0.4, -0.2) is 12.5 Å². The third kappa shape index (κ3) is 3.04. The van der Waals surface area contributed by atoms with Gasteiger partial charge in [-0.05, 0) is 42.0 Å². The predicted molar refractivity (Wildman–Crippen MR) is 118 cm³/mol. The minimum absolute atomic E-state index is 0.0854. The van der Waals surface area contributed by atoms with E-state index in [9.17, 15) is 4.79 Å². The average molecular weight is 410 g/mol. The third-order valence-electron chi connectivity index (χ3n) is 5.66. The van der Waals surface area contributed by atoms with Gasteiger partial charge in [-0.2, -0.15) is 5.10 Å². The molecule has 6 rings (SSSR count). The lowest BCUT2D eigenvalue weighted by atomic mass is 9.98. The van der Waals surface area contributed by atoms with Crippen LogP contribution in [0.15, 0.2) is 93.2 Å². The number of nitrogens with zero attached hydrogens (tertiary/aromatic N) is 2. The standard InChI is InChI=1S/C25H18N2O4/c28-25-19(12-17-6-4-5-9-22(17)31-25)20-14-21(27(26-20)18-7-2-1-3-8-18)16-10-11-23-24(13-16)30-15-29-23/h1-13,21H,14-15H2. The first-order valence-electron chi connectivity index (χ1n) is 10.1. The van der Waals surface area contributed by atoms with Crippen LogP contribution in [0.4, 0.5) is 5.69 Å². The van der Waals surface area contributed by atoms with Crippen LogP contribution in [0, 0.1) is 0 Å². The first kappa shape index (κ1) is 17.8. The first-order valence-corrected chi connectivity index (χ1v) is 10.1. The Hall–Kier alpha value is -4.06. The number of hydrogen-bond donors (Lipinski definition) is 0. The van der Waals surface area contributed by atoms with Crippen LogP contribution in [0.1, 0.15) is 23.6 Å². The Labute approximate surface area is 177 Å². The van der Waals surface area contributed by atoms with E-state index in [2.05, 4.69) is 0 Å². The molecule has 0 amide bonds. The smallest absolute Gasteiger partial charge is 0.345 e. The molecule has 4 aromatic rings. The van der Waals surface area contributed by atoms with Crippen molar-refractivity contribution in [1.82, 2.24) is 0 Å². The van der Waals surface area contributed by atoms with Crippen LogP contribution in [-0.2, 0) is 0 Å². The fourth-order valence-corrected chi connectivity index (χ4v) is 4.13. The lowest BCUT2D eigenvalue weighted by Gasteiger charge is -2.24. The van der Waals surface area contributed by atoms with Crippen molar-refractivity contribution < 1.29 is 13.9 Å². The molecule has 2 aliphatic rings. The molecular weight excluding hydrogens is 392 g/mol. The highest BCUT2D eigenvalue weighted by Crippen LogP contribution is 2.40. The summed E-state index contributed by atoms with van der Waals surface area (Å²) < 4.78 is 16.6. The van der Waals surface area contributed by atoms with Gasteiger partial charge in [0, 0.05) is 11.8 Å². The van der Waals surface area contributed by atoms with Gasteiger partial charge in [0.25, 0.3) is 0 Å². The monoisotopic (exact) mass is 410 g/mol. The van der Waals surface area contributed by atoms with Crippen molar-refractivity contribution in [3.05, 3.63) is 100 Å². The summed E-state index contributed by atoms with van der Waals surface area (Å²) in [5.41, 5.74) is 3.37. The molecule has 0 aliphatic carbocycles. The molecule has 0 fully saturated rings. The Bertz CT molecular complexity index is 1380. The average Bonchev–Trinajstić information content (AvgIpc) is 3.46. The van der Waals surface area contributed by atoms with E-state index in [4.69, 9.17) is 19.0 Å². The molecular formula is C25H18N2O4. The highest BCUT2D eigenvalue weighted by Gasteiger charge is 2.32. The van der Waals surface area contributed by atoms with Gasteiger partial charge < -0.3 is 13.9 Å². The second-order valence-corrected chi connectivity index (χ2v) is 7.54. The summed E-state index contributed by atoms with van der Waals surface area (Å²) in [4.78, 5) is 12.8. The van der Waals surface area contributed by atoms with E-state index in [1.165, 1.54) is 0 Å². The van der Waals surface area contributed by atoms with Gasteiger partial charge in [0.2, 0.25) is 6.79 Å². The zero-order valence-corrected chi connectivity index (χ0v) is 16.5. The molecule has 1 aromatic heterocycles. The molecule has 0 saturated heterocycles. The summed E-state index contributed by atoms with van der Waals surface area (Å²) in [7, 11) is 0. The highest BCUT2D eigenvalue weighted by atomic mass is 16.7. The van der Waals surface area contributed by atoms with Crippen LogP contribution < -0.4 is 20.1 Å². The summed E-state index contributed by atoms with van der Waals surface area (Å²) in [6.07, 6.45) is 0.567. The lowest BCUT2D eigenvalue weighted by Crippen LogP contribution is -2.18. The molecule has 152 valence electrons. The molecule has 6 nitrogen and oxygen atoms in total. The molecule has 3 heterocycles. The maximum absolute atomic E-state index is 12.8. The van der Waals surface area contributed by atoms with E-state index in [-0.39, 0.29) is 18.5 Å². The normalized spacial score (nSPS) is 17.2. The van der Waals surface area contributed by atoms with E-state index >= 15 is 0 Å². The fraction of sp³-hybridized carbons (Fsp3) is 0.120. The molecule has 2 aliphatic heterocycles. The van der Waals surface area contributed by atoms with E-state index in [0.29, 0.717) is 23.3 Å². The second kappa shape index (κ2) is 7.02. The zero-order chi connectivity index (χ0) is 20.8. The molecule has 1 atom stereocenters. The summed E-state index contributed by atoms with van der Waals surface area (Å²) in [6, 6.07) is 25.2. The number of hydrogen-bond acceptors (Lipinski definition) is 6. The molecule has 0 spiro atoms. The van der Waals surface area contributed by atoms with Crippen LogP contribution >= 0.6 is 0 Å². The van der Waals surface area contributed by atoms with Crippen molar-refractivity contribution in [2.24, 2.45) is 5.10 Å². The molecule has 0 N–H and O–H groups in total.